The molecule has 2 aliphatic rings. The van der Waals surface area contributed by atoms with E-state index in [2.05, 4.69) is 19.1 Å². The van der Waals surface area contributed by atoms with Gasteiger partial charge in [0.1, 0.15) is 0 Å². The molecule has 2 heterocycles. The van der Waals surface area contributed by atoms with Crippen LogP contribution in [0.1, 0.15) is 49.3 Å². The SMILES string of the molecule is Cc1ccccc1[C@H]1CCCN1C(=O)CCN1C(=O)CCC1=O. The van der Waals surface area contributed by atoms with E-state index in [9.17, 15) is 14.4 Å². The first-order valence-electron chi connectivity index (χ1n) is 8.26. The van der Waals surface area contributed by atoms with E-state index < -0.39 is 0 Å². The molecule has 0 unspecified atom stereocenters. The zero-order chi connectivity index (χ0) is 16.4. The molecule has 0 N–H and O–H groups in total. The summed E-state index contributed by atoms with van der Waals surface area (Å²) in [5, 5.41) is 0. The van der Waals surface area contributed by atoms with Gasteiger partial charge in [0.15, 0.2) is 0 Å². The standard InChI is InChI=1S/C18H22N2O3/c1-13-5-2-3-6-14(13)15-7-4-11-19(15)18(23)10-12-20-16(21)8-9-17(20)22/h2-3,5-6,15H,4,7-12H2,1H3/t15-/m1/s1. The zero-order valence-electron chi connectivity index (χ0n) is 13.5. The minimum atomic E-state index is -0.153. The molecule has 2 saturated heterocycles. The van der Waals surface area contributed by atoms with Crippen LogP contribution in [0.15, 0.2) is 24.3 Å². The molecular weight excluding hydrogens is 292 g/mol. The normalized spacial score (nSPS) is 21.3. The highest BCUT2D eigenvalue weighted by Gasteiger charge is 2.33. The first kappa shape index (κ1) is 15.7. The second-order valence-corrected chi connectivity index (χ2v) is 6.29. The van der Waals surface area contributed by atoms with Gasteiger partial charge >= 0.3 is 0 Å². The highest BCUT2D eigenvalue weighted by atomic mass is 16.2. The van der Waals surface area contributed by atoms with Gasteiger partial charge in [-0.25, -0.2) is 0 Å². The lowest BCUT2D eigenvalue weighted by Crippen LogP contribution is -2.36. The Labute approximate surface area is 136 Å². The molecule has 1 aromatic carbocycles. The summed E-state index contributed by atoms with van der Waals surface area (Å²) in [6, 6.07) is 8.28. The van der Waals surface area contributed by atoms with E-state index in [1.165, 1.54) is 16.0 Å². The number of hydrogen-bond acceptors (Lipinski definition) is 3. The fraction of sp³-hybridized carbons (Fsp3) is 0.500. The van der Waals surface area contributed by atoms with Gasteiger partial charge in [0, 0.05) is 32.4 Å². The molecule has 3 amide bonds. The quantitative estimate of drug-likeness (QED) is 0.801. The number of rotatable bonds is 4. The zero-order valence-corrected chi connectivity index (χ0v) is 13.5. The third-order valence-corrected chi connectivity index (χ3v) is 4.82. The molecule has 0 bridgehead atoms. The maximum atomic E-state index is 12.6. The number of nitrogens with zero attached hydrogens (tertiary/aromatic N) is 2. The molecule has 0 aromatic heterocycles. The molecule has 122 valence electrons. The van der Waals surface area contributed by atoms with Gasteiger partial charge in [-0.3, -0.25) is 19.3 Å². The molecule has 0 saturated carbocycles. The predicted octanol–water partition coefficient (Wildman–Crippen LogP) is 2.20. The van der Waals surface area contributed by atoms with E-state index in [1.54, 1.807) is 0 Å². The topological polar surface area (TPSA) is 57.7 Å². The summed E-state index contributed by atoms with van der Waals surface area (Å²) in [6.07, 6.45) is 2.75. The van der Waals surface area contributed by atoms with Gasteiger partial charge in [-0.05, 0) is 30.9 Å². The van der Waals surface area contributed by atoms with Crippen molar-refractivity contribution >= 4 is 17.7 Å². The van der Waals surface area contributed by atoms with Crippen LogP contribution in [0.25, 0.3) is 0 Å². The van der Waals surface area contributed by atoms with Crippen molar-refractivity contribution in [3.05, 3.63) is 35.4 Å². The summed E-state index contributed by atoms with van der Waals surface area (Å²) in [5.41, 5.74) is 2.40. The van der Waals surface area contributed by atoms with Crippen LogP contribution in [0.2, 0.25) is 0 Å². The van der Waals surface area contributed by atoms with Gasteiger partial charge in [-0.2, -0.15) is 0 Å². The minimum absolute atomic E-state index is 0.0308. The van der Waals surface area contributed by atoms with Crippen molar-refractivity contribution in [1.82, 2.24) is 9.80 Å². The molecule has 5 nitrogen and oxygen atoms in total. The van der Waals surface area contributed by atoms with Crippen LogP contribution in [0, 0.1) is 6.92 Å². The Morgan fingerprint density at radius 2 is 1.87 bits per heavy atom. The first-order valence-corrected chi connectivity index (χ1v) is 8.26. The third-order valence-electron chi connectivity index (χ3n) is 4.82. The van der Waals surface area contributed by atoms with E-state index in [4.69, 9.17) is 0 Å². The number of hydrogen-bond donors (Lipinski definition) is 0. The van der Waals surface area contributed by atoms with Gasteiger partial charge in [0.05, 0.1) is 6.04 Å². The Bertz CT molecular complexity index is 625. The van der Waals surface area contributed by atoms with Gasteiger partial charge < -0.3 is 4.90 Å². The first-order chi connectivity index (χ1) is 11.1. The van der Waals surface area contributed by atoms with E-state index in [0.717, 1.165) is 19.4 Å². The largest absolute Gasteiger partial charge is 0.336 e. The molecule has 2 aliphatic heterocycles. The highest BCUT2D eigenvalue weighted by Crippen LogP contribution is 2.34. The fourth-order valence-corrected chi connectivity index (χ4v) is 3.57. The van der Waals surface area contributed by atoms with Crippen molar-refractivity contribution in [3.8, 4) is 0 Å². The van der Waals surface area contributed by atoms with Gasteiger partial charge in [-0.15, -0.1) is 0 Å². The number of carbonyl (C=O) groups is 3. The Hall–Kier alpha value is -2.17. The molecular formula is C18H22N2O3. The van der Waals surface area contributed by atoms with Crippen LogP contribution >= 0.6 is 0 Å². The summed E-state index contributed by atoms with van der Waals surface area (Å²) in [4.78, 5) is 39.0. The van der Waals surface area contributed by atoms with Crippen LogP contribution in [0.3, 0.4) is 0 Å². The van der Waals surface area contributed by atoms with Crippen molar-refractivity contribution < 1.29 is 14.4 Å². The average molecular weight is 314 g/mol. The average Bonchev–Trinajstić information content (AvgIpc) is 3.13. The second-order valence-electron chi connectivity index (χ2n) is 6.29. The van der Waals surface area contributed by atoms with Crippen LogP contribution < -0.4 is 0 Å². The van der Waals surface area contributed by atoms with Crippen LogP contribution in [0.4, 0.5) is 0 Å². The molecule has 5 heteroatoms. The summed E-state index contributed by atoms with van der Waals surface area (Å²) >= 11 is 0. The van der Waals surface area contributed by atoms with Crippen molar-refractivity contribution in [2.75, 3.05) is 13.1 Å². The number of imide groups is 1. The van der Waals surface area contributed by atoms with Crippen LogP contribution in [-0.2, 0) is 14.4 Å². The van der Waals surface area contributed by atoms with Crippen molar-refractivity contribution in [2.45, 2.75) is 45.1 Å². The summed E-state index contributed by atoms with van der Waals surface area (Å²) in [5.74, 6) is -0.275. The van der Waals surface area contributed by atoms with Gasteiger partial charge in [0.25, 0.3) is 0 Å². The summed E-state index contributed by atoms with van der Waals surface area (Å²) < 4.78 is 0. The number of benzene rings is 1. The minimum Gasteiger partial charge on any atom is -0.336 e. The van der Waals surface area contributed by atoms with Crippen molar-refractivity contribution in [1.29, 1.82) is 0 Å². The maximum Gasteiger partial charge on any atom is 0.229 e. The second kappa shape index (κ2) is 6.52. The molecule has 1 atom stereocenters. The monoisotopic (exact) mass is 314 g/mol. The van der Waals surface area contributed by atoms with Gasteiger partial charge in [0.2, 0.25) is 17.7 Å². The molecule has 0 aliphatic carbocycles. The molecule has 2 fully saturated rings. The molecule has 1 aromatic rings. The highest BCUT2D eigenvalue weighted by molar-refractivity contribution is 6.02. The lowest BCUT2D eigenvalue weighted by atomic mass is 9.99. The van der Waals surface area contributed by atoms with E-state index >= 15 is 0 Å². The molecule has 0 radical (unpaired) electrons. The van der Waals surface area contributed by atoms with Crippen molar-refractivity contribution in [3.63, 3.8) is 0 Å². The van der Waals surface area contributed by atoms with Crippen LogP contribution in [-0.4, -0.2) is 40.6 Å². The molecule has 23 heavy (non-hydrogen) atoms. The Kier molecular flexibility index (Phi) is 4.46. The predicted molar refractivity (Wildman–Crippen MR) is 85.4 cm³/mol. The van der Waals surface area contributed by atoms with E-state index in [0.29, 0.717) is 0 Å². The molecule has 3 rings (SSSR count). The van der Waals surface area contributed by atoms with E-state index in [-0.39, 0.29) is 49.6 Å². The lowest BCUT2D eigenvalue weighted by Gasteiger charge is -2.27. The number of likely N-dealkylation sites (tertiary alicyclic amines) is 2. The number of carbonyl (C=O) groups excluding carboxylic acids is 3. The third kappa shape index (κ3) is 3.14. The molecule has 0 spiro atoms. The summed E-state index contributed by atoms with van der Waals surface area (Å²) in [7, 11) is 0. The Morgan fingerprint density at radius 3 is 2.57 bits per heavy atom. The smallest absolute Gasteiger partial charge is 0.229 e. The fourth-order valence-electron chi connectivity index (χ4n) is 3.57. The van der Waals surface area contributed by atoms with Gasteiger partial charge in [-0.1, -0.05) is 24.3 Å². The number of aryl methyl sites for hydroxylation is 1. The Morgan fingerprint density at radius 1 is 1.17 bits per heavy atom. The van der Waals surface area contributed by atoms with E-state index in [1.807, 2.05) is 17.0 Å². The van der Waals surface area contributed by atoms with Crippen LogP contribution in [0.5, 0.6) is 0 Å². The van der Waals surface area contributed by atoms with Crippen molar-refractivity contribution in [2.24, 2.45) is 0 Å². The number of amides is 3. The lowest BCUT2D eigenvalue weighted by molar-refractivity contribution is -0.139. The maximum absolute atomic E-state index is 12.6. The summed E-state index contributed by atoms with van der Waals surface area (Å²) in [6.45, 7) is 3.03. The Balaban J connectivity index is 1.66.